The van der Waals surface area contributed by atoms with Crippen LogP contribution in [0.2, 0.25) is 0 Å². The maximum atomic E-state index is 11.2. The van der Waals surface area contributed by atoms with Crippen LogP contribution in [0.15, 0.2) is 10.6 Å². The van der Waals surface area contributed by atoms with E-state index in [1.807, 2.05) is 6.92 Å². The minimum absolute atomic E-state index is 0.158. The number of carbonyl (C=O) groups is 1. The van der Waals surface area contributed by atoms with Crippen LogP contribution in [0.5, 0.6) is 0 Å². The fourth-order valence-corrected chi connectivity index (χ4v) is 1.81. The predicted octanol–water partition coefficient (Wildman–Crippen LogP) is 1.70. The van der Waals surface area contributed by atoms with Crippen LogP contribution >= 0.6 is 0 Å². The molecule has 2 rings (SSSR count). The zero-order chi connectivity index (χ0) is 14.0. The van der Waals surface area contributed by atoms with E-state index in [-0.39, 0.29) is 12.1 Å². The third-order valence-electron chi connectivity index (χ3n) is 2.54. The Balaban J connectivity index is 2.26. The smallest absolute Gasteiger partial charge is 0.339 e. The van der Waals surface area contributed by atoms with Gasteiger partial charge < -0.3 is 14.9 Å². The van der Waals surface area contributed by atoms with Gasteiger partial charge in [0.15, 0.2) is 5.82 Å². The molecule has 0 aromatic carbocycles. The highest BCUT2D eigenvalue weighted by Crippen LogP contribution is 2.19. The fourth-order valence-electron chi connectivity index (χ4n) is 1.81. The maximum absolute atomic E-state index is 11.2. The highest BCUT2D eigenvalue weighted by molar-refractivity contribution is 5.94. The van der Waals surface area contributed by atoms with E-state index in [1.165, 1.54) is 0 Å². The molecule has 2 heterocycles. The third-order valence-corrected chi connectivity index (χ3v) is 2.54. The van der Waals surface area contributed by atoms with E-state index in [0.717, 1.165) is 5.69 Å². The van der Waals surface area contributed by atoms with Crippen molar-refractivity contribution in [2.24, 2.45) is 0 Å². The Morgan fingerprint density at radius 1 is 1.37 bits per heavy atom. The molecule has 0 amide bonds. The number of rotatable bonds is 4. The molecular formula is C12H14N4O3. The summed E-state index contributed by atoms with van der Waals surface area (Å²) in [6.45, 7) is 5.49. The summed E-state index contributed by atoms with van der Waals surface area (Å²) < 4.78 is 4.84. The van der Waals surface area contributed by atoms with Gasteiger partial charge in [-0.25, -0.2) is 9.78 Å². The molecule has 0 radical (unpaired) electrons. The van der Waals surface area contributed by atoms with Gasteiger partial charge in [-0.1, -0.05) is 5.16 Å². The second-order valence-electron chi connectivity index (χ2n) is 4.19. The second kappa shape index (κ2) is 5.05. The number of aromatic carboxylic acids is 1. The van der Waals surface area contributed by atoms with Crippen LogP contribution in [0, 0.1) is 20.8 Å². The zero-order valence-corrected chi connectivity index (χ0v) is 10.9. The first-order valence-corrected chi connectivity index (χ1v) is 5.72. The number of pyridine rings is 1. The molecule has 2 aromatic rings. The predicted molar refractivity (Wildman–Crippen MR) is 67.0 cm³/mol. The Kier molecular flexibility index (Phi) is 3.46. The highest BCUT2D eigenvalue weighted by Gasteiger charge is 2.16. The highest BCUT2D eigenvalue weighted by atomic mass is 16.5. The molecule has 7 heteroatoms. The molecule has 0 saturated heterocycles. The summed E-state index contributed by atoms with van der Waals surface area (Å²) in [6, 6.07) is 1.73. The van der Waals surface area contributed by atoms with E-state index in [0.29, 0.717) is 23.1 Å². The molecule has 0 saturated carbocycles. The zero-order valence-electron chi connectivity index (χ0n) is 10.9. The molecule has 0 aliphatic carbocycles. The van der Waals surface area contributed by atoms with E-state index >= 15 is 0 Å². The van der Waals surface area contributed by atoms with Gasteiger partial charge in [-0.2, -0.15) is 4.98 Å². The number of aryl methyl sites for hydroxylation is 3. The van der Waals surface area contributed by atoms with Gasteiger partial charge in [-0.15, -0.1) is 0 Å². The minimum Gasteiger partial charge on any atom is -0.478 e. The molecule has 100 valence electrons. The minimum atomic E-state index is -1.02. The molecule has 0 aliphatic rings. The topological polar surface area (TPSA) is 101 Å². The van der Waals surface area contributed by atoms with Crippen LogP contribution in [0.25, 0.3) is 0 Å². The van der Waals surface area contributed by atoms with Gasteiger partial charge in [0.05, 0.1) is 6.54 Å². The largest absolute Gasteiger partial charge is 0.478 e. The number of carboxylic acid groups (broad SMARTS) is 1. The lowest BCUT2D eigenvalue weighted by Crippen LogP contribution is -2.11. The van der Waals surface area contributed by atoms with E-state index < -0.39 is 5.97 Å². The van der Waals surface area contributed by atoms with Crippen molar-refractivity contribution in [3.05, 3.63) is 34.6 Å². The standard InChI is InChI=1S/C12H14N4O3/c1-6-4-7(2)14-11(10(6)12(17)18)13-5-9-15-8(3)19-16-9/h4H,5H2,1-3H3,(H,13,14)(H,17,18). The van der Waals surface area contributed by atoms with Gasteiger partial charge in [0.2, 0.25) is 5.89 Å². The Bertz CT molecular complexity index is 621. The van der Waals surface area contributed by atoms with Crippen LogP contribution in [0.1, 0.15) is 33.3 Å². The number of aromatic nitrogens is 3. The van der Waals surface area contributed by atoms with Gasteiger partial charge in [0, 0.05) is 12.6 Å². The van der Waals surface area contributed by atoms with Crippen molar-refractivity contribution in [2.45, 2.75) is 27.3 Å². The van der Waals surface area contributed by atoms with Crippen molar-refractivity contribution in [2.75, 3.05) is 5.32 Å². The molecule has 2 N–H and O–H groups in total. The molecule has 0 fully saturated rings. The van der Waals surface area contributed by atoms with Crippen LogP contribution in [0.3, 0.4) is 0 Å². The summed E-state index contributed by atoms with van der Waals surface area (Å²) in [5.41, 5.74) is 1.56. The van der Waals surface area contributed by atoms with Crippen molar-refractivity contribution in [3.8, 4) is 0 Å². The van der Waals surface area contributed by atoms with Crippen LogP contribution in [-0.2, 0) is 6.54 Å². The lowest BCUT2D eigenvalue weighted by molar-refractivity contribution is 0.0697. The molecule has 0 bridgehead atoms. The van der Waals surface area contributed by atoms with E-state index in [4.69, 9.17) is 4.52 Å². The third kappa shape index (κ3) is 2.87. The number of nitrogens with one attached hydrogen (secondary N) is 1. The van der Waals surface area contributed by atoms with Gasteiger partial charge in [-0.3, -0.25) is 0 Å². The van der Waals surface area contributed by atoms with E-state index in [2.05, 4.69) is 20.4 Å². The van der Waals surface area contributed by atoms with Crippen molar-refractivity contribution in [3.63, 3.8) is 0 Å². The number of carboxylic acids is 1. The van der Waals surface area contributed by atoms with Gasteiger partial charge in [-0.05, 0) is 25.5 Å². The average molecular weight is 262 g/mol. The first-order valence-electron chi connectivity index (χ1n) is 5.72. The van der Waals surface area contributed by atoms with Crippen LogP contribution in [0.4, 0.5) is 5.82 Å². The molecule has 0 aliphatic heterocycles. The lowest BCUT2D eigenvalue weighted by atomic mass is 10.1. The van der Waals surface area contributed by atoms with Gasteiger partial charge >= 0.3 is 5.97 Å². The number of hydrogen-bond donors (Lipinski definition) is 2. The summed E-state index contributed by atoms with van der Waals surface area (Å²) >= 11 is 0. The summed E-state index contributed by atoms with van der Waals surface area (Å²) in [4.78, 5) is 19.5. The molecule has 2 aromatic heterocycles. The summed E-state index contributed by atoms with van der Waals surface area (Å²) in [5.74, 6) is 0.211. The average Bonchev–Trinajstić information content (AvgIpc) is 2.71. The monoisotopic (exact) mass is 262 g/mol. The molecular weight excluding hydrogens is 248 g/mol. The quantitative estimate of drug-likeness (QED) is 0.864. The second-order valence-corrected chi connectivity index (χ2v) is 4.19. The normalized spacial score (nSPS) is 10.5. The Morgan fingerprint density at radius 3 is 2.68 bits per heavy atom. The molecule has 7 nitrogen and oxygen atoms in total. The van der Waals surface area contributed by atoms with Crippen molar-refractivity contribution in [1.82, 2.24) is 15.1 Å². The Hall–Kier alpha value is -2.44. The Morgan fingerprint density at radius 2 is 2.11 bits per heavy atom. The molecule has 0 atom stereocenters. The van der Waals surface area contributed by atoms with Crippen LogP contribution < -0.4 is 5.32 Å². The number of anilines is 1. The van der Waals surface area contributed by atoms with Gasteiger partial charge in [0.1, 0.15) is 11.4 Å². The van der Waals surface area contributed by atoms with Gasteiger partial charge in [0.25, 0.3) is 0 Å². The Labute approximate surface area is 109 Å². The van der Waals surface area contributed by atoms with Crippen LogP contribution in [-0.4, -0.2) is 26.2 Å². The SMILES string of the molecule is Cc1cc(C)c(C(=O)O)c(NCc2noc(C)n2)n1. The number of hydrogen-bond acceptors (Lipinski definition) is 6. The first kappa shape index (κ1) is 13.0. The number of nitrogens with zero attached hydrogens (tertiary/aromatic N) is 3. The maximum Gasteiger partial charge on any atom is 0.339 e. The van der Waals surface area contributed by atoms with Crippen molar-refractivity contribution in [1.29, 1.82) is 0 Å². The first-order chi connectivity index (χ1) is 8.97. The van der Waals surface area contributed by atoms with E-state index in [1.54, 1.807) is 19.9 Å². The van der Waals surface area contributed by atoms with Crippen molar-refractivity contribution < 1.29 is 14.4 Å². The van der Waals surface area contributed by atoms with Crippen molar-refractivity contribution >= 4 is 11.8 Å². The summed E-state index contributed by atoms with van der Waals surface area (Å²) in [7, 11) is 0. The van der Waals surface area contributed by atoms with E-state index in [9.17, 15) is 9.90 Å². The molecule has 0 unspecified atom stereocenters. The molecule has 19 heavy (non-hydrogen) atoms. The fraction of sp³-hybridized carbons (Fsp3) is 0.333. The summed E-state index contributed by atoms with van der Waals surface area (Å²) in [6.07, 6.45) is 0. The lowest BCUT2D eigenvalue weighted by Gasteiger charge is -2.10. The molecule has 0 spiro atoms. The summed E-state index contributed by atoms with van der Waals surface area (Å²) in [5, 5.41) is 15.9.